The summed E-state index contributed by atoms with van der Waals surface area (Å²) in [6.07, 6.45) is -5.29. The number of nitrogens with one attached hydrogen (secondary N) is 2. The summed E-state index contributed by atoms with van der Waals surface area (Å²) >= 11 is 6.50. The Kier molecular flexibility index (Phi) is 10.5. The number of carbonyl (C=O) groups excluding carboxylic acids is 1. The average Bonchev–Trinajstić information content (AvgIpc) is 2.72. The Balaban J connectivity index is 2.22. The number of alkyl halides is 4. The number of carbonyl (C=O) groups is 1. The third kappa shape index (κ3) is 7.41. The van der Waals surface area contributed by atoms with E-state index in [0.29, 0.717) is 39.1 Å². The summed E-state index contributed by atoms with van der Waals surface area (Å²) in [6, 6.07) is -0.472. The Morgan fingerprint density at radius 3 is 2.56 bits per heavy atom. The van der Waals surface area contributed by atoms with E-state index in [-0.39, 0.29) is 23.5 Å². The maximum absolute atomic E-state index is 13.4. The highest BCUT2D eigenvalue weighted by Crippen LogP contribution is 2.28. The minimum atomic E-state index is -4.43. The third-order valence-electron chi connectivity index (χ3n) is 6.36. The lowest BCUT2D eigenvalue weighted by atomic mass is 9.93. The zero-order chi connectivity index (χ0) is 24.1. The average molecular weight is 487 g/mol. The van der Waals surface area contributed by atoms with Crippen LogP contribution in [0, 0.1) is 5.92 Å². The smallest absolute Gasteiger partial charge is 0.367 e. The summed E-state index contributed by atoms with van der Waals surface area (Å²) in [5.41, 5.74) is 12.2. The summed E-state index contributed by atoms with van der Waals surface area (Å²) in [6.45, 7) is 7.42. The molecule has 12 heteroatoms. The lowest BCUT2D eigenvalue weighted by Crippen LogP contribution is -2.69. The Labute approximate surface area is 193 Å². The van der Waals surface area contributed by atoms with E-state index in [9.17, 15) is 18.0 Å². The van der Waals surface area contributed by atoms with Gasteiger partial charge in [-0.3, -0.25) is 14.6 Å². The summed E-state index contributed by atoms with van der Waals surface area (Å²) in [5, 5.41) is 5.88. The molecule has 0 aromatic rings. The number of hydrogen-bond donors (Lipinski definition) is 4. The monoisotopic (exact) mass is 486 g/mol. The van der Waals surface area contributed by atoms with E-state index in [1.54, 1.807) is 0 Å². The first-order valence-electron chi connectivity index (χ1n) is 11.3. The van der Waals surface area contributed by atoms with Crippen LogP contribution in [0.15, 0.2) is 0 Å². The SMILES string of the molecule is CCC(C)N1CC(Cl)CN(CC)C1C(C(=O)NC1CNCCC1OCC(F)(F)F)C(N)N. The third-order valence-corrected chi connectivity index (χ3v) is 6.64. The van der Waals surface area contributed by atoms with Gasteiger partial charge in [0, 0.05) is 25.7 Å². The molecule has 2 saturated heterocycles. The minimum Gasteiger partial charge on any atom is -0.367 e. The van der Waals surface area contributed by atoms with Crippen LogP contribution in [0.4, 0.5) is 13.2 Å². The molecule has 188 valence electrons. The first-order chi connectivity index (χ1) is 15.0. The normalized spacial score (nSPS) is 30.3. The molecule has 0 aromatic heterocycles. The van der Waals surface area contributed by atoms with Gasteiger partial charge in [0.2, 0.25) is 5.91 Å². The Hall–Kier alpha value is -0.690. The molecule has 2 fully saturated rings. The largest absolute Gasteiger partial charge is 0.411 e. The second-order valence-electron chi connectivity index (χ2n) is 8.73. The van der Waals surface area contributed by atoms with Crippen LogP contribution in [0.2, 0.25) is 0 Å². The molecule has 1 amide bonds. The molecule has 0 aliphatic carbocycles. The highest BCUT2D eigenvalue weighted by molar-refractivity contribution is 6.21. The summed E-state index contributed by atoms with van der Waals surface area (Å²) in [7, 11) is 0. The van der Waals surface area contributed by atoms with Crippen molar-refractivity contribution >= 4 is 17.5 Å². The van der Waals surface area contributed by atoms with Crippen molar-refractivity contribution in [1.29, 1.82) is 0 Å². The summed E-state index contributed by atoms with van der Waals surface area (Å²) < 4.78 is 43.1. The first-order valence-corrected chi connectivity index (χ1v) is 11.8. The maximum Gasteiger partial charge on any atom is 0.411 e. The first kappa shape index (κ1) is 27.6. The molecule has 32 heavy (non-hydrogen) atoms. The number of hydrogen-bond acceptors (Lipinski definition) is 7. The van der Waals surface area contributed by atoms with Crippen molar-refractivity contribution in [3.8, 4) is 0 Å². The number of nitrogens with zero attached hydrogens (tertiary/aromatic N) is 2. The van der Waals surface area contributed by atoms with E-state index in [4.69, 9.17) is 27.8 Å². The molecule has 6 atom stereocenters. The number of nitrogens with two attached hydrogens (primary N) is 2. The van der Waals surface area contributed by atoms with Gasteiger partial charge in [0.05, 0.1) is 35.8 Å². The van der Waals surface area contributed by atoms with Gasteiger partial charge in [-0.15, -0.1) is 11.6 Å². The molecule has 8 nitrogen and oxygen atoms in total. The van der Waals surface area contributed by atoms with Crippen molar-refractivity contribution in [3.05, 3.63) is 0 Å². The van der Waals surface area contributed by atoms with E-state index < -0.39 is 37.0 Å². The molecule has 2 aliphatic rings. The molecule has 2 rings (SSSR count). The van der Waals surface area contributed by atoms with Crippen molar-refractivity contribution in [2.45, 2.75) is 75.7 Å². The quantitative estimate of drug-likeness (QED) is 0.280. The van der Waals surface area contributed by atoms with Crippen LogP contribution in [0.3, 0.4) is 0 Å². The molecular formula is C20H38ClF3N6O2. The molecule has 0 saturated carbocycles. The Morgan fingerprint density at radius 2 is 2.00 bits per heavy atom. The van der Waals surface area contributed by atoms with Crippen LogP contribution in [-0.2, 0) is 9.53 Å². The summed E-state index contributed by atoms with van der Waals surface area (Å²) in [5.74, 6) is -1.18. The second kappa shape index (κ2) is 12.1. The van der Waals surface area contributed by atoms with Crippen molar-refractivity contribution in [2.24, 2.45) is 17.4 Å². The fourth-order valence-electron chi connectivity index (χ4n) is 4.56. The summed E-state index contributed by atoms with van der Waals surface area (Å²) in [4.78, 5) is 17.7. The molecule has 0 spiro atoms. The highest BCUT2D eigenvalue weighted by Gasteiger charge is 2.45. The van der Waals surface area contributed by atoms with Crippen molar-refractivity contribution < 1.29 is 22.7 Å². The molecule has 2 aliphatic heterocycles. The van der Waals surface area contributed by atoms with Crippen LogP contribution in [0.1, 0.15) is 33.6 Å². The van der Waals surface area contributed by atoms with E-state index in [0.717, 1.165) is 6.42 Å². The number of amides is 1. The van der Waals surface area contributed by atoms with Gasteiger partial charge in [0.1, 0.15) is 6.61 Å². The predicted octanol–water partition coefficient (Wildman–Crippen LogP) is 0.641. The van der Waals surface area contributed by atoms with E-state index in [2.05, 4.69) is 34.3 Å². The van der Waals surface area contributed by atoms with E-state index in [1.165, 1.54) is 0 Å². The van der Waals surface area contributed by atoms with Gasteiger partial charge in [-0.25, -0.2) is 0 Å². The molecule has 0 radical (unpaired) electrons. The number of piperidine rings is 1. The van der Waals surface area contributed by atoms with Gasteiger partial charge < -0.3 is 26.8 Å². The van der Waals surface area contributed by atoms with Crippen LogP contribution in [0.5, 0.6) is 0 Å². The van der Waals surface area contributed by atoms with Crippen LogP contribution < -0.4 is 22.1 Å². The molecule has 6 unspecified atom stereocenters. The topological polar surface area (TPSA) is 109 Å². The molecule has 6 N–H and O–H groups in total. The minimum absolute atomic E-state index is 0.0967. The lowest BCUT2D eigenvalue weighted by molar-refractivity contribution is -0.190. The maximum atomic E-state index is 13.4. The van der Waals surface area contributed by atoms with Gasteiger partial charge in [-0.2, -0.15) is 13.2 Å². The molecule has 0 bridgehead atoms. The highest BCUT2D eigenvalue weighted by atomic mass is 35.5. The van der Waals surface area contributed by atoms with Gasteiger partial charge >= 0.3 is 6.18 Å². The molecule has 0 aromatic carbocycles. The molecule has 2 heterocycles. The van der Waals surface area contributed by atoms with Crippen molar-refractivity contribution in [2.75, 3.05) is 39.3 Å². The van der Waals surface area contributed by atoms with E-state index >= 15 is 0 Å². The van der Waals surface area contributed by atoms with E-state index in [1.807, 2.05) is 6.92 Å². The van der Waals surface area contributed by atoms with Gasteiger partial charge in [0.15, 0.2) is 0 Å². The zero-order valence-corrected chi connectivity index (χ0v) is 19.8. The number of halogens is 4. The Bertz CT molecular complexity index is 600. The molecular weight excluding hydrogens is 449 g/mol. The van der Waals surface area contributed by atoms with Gasteiger partial charge in [0.25, 0.3) is 0 Å². The lowest BCUT2D eigenvalue weighted by Gasteiger charge is -2.51. The predicted molar refractivity (Wildman–Crippen MR) is 118 cm³/mol. The van der Waals surface area contributed by atoms with Gasteiger partial charge in [-0.1, -0.05) is 13.8 Å². The Morgan fingerprint density at radius 1 is 1.31 bits per heavy atom. The number of ether oxygens (including phenoxy) is 1. The van der Waals surface area contributed by atoms with Crippen molar-refractivity contribution in [3.63, 3.8) is 0 Å². The fraction of sp³-hybridized carbons (Fsp3) is 0.950. The van der Waals surface area contributed by atoms with Crippen molar-refractivity contribution in [1.82, 2.24) is 20.4 Å². The zero-order valence-electron chi connectivity index (χ0n) is 19.1. The van der Waals surface area contributed by atoms with Gasteiger partial charge in [-0.05, 0) is 32.9 Å². The number of rotatable bonds is 9. The van der Waals surface area contributed by atoms with Crippen LogP contribution in [0.25, 0.3) is 0 Å². The standard InChI is InChI=1S/C20H38ClF3N6O2/c1-4-12(3)30-10-13(21)9-29(5-2)19(30)16(17(25)26)18(31)28-14-8-27-7-6-15(14)32-11-20(22,23)24/h12-17,19,27H,4-11,25-26H2,1-3H3,(H,28,31). The van der Waals surface area contributed by atoms with Crippen LogP contribution in [-0.4, -0.2) is 97.1 Å². The fourth-order valence-corrected chi connectivity index (χ4v) is 4.90. The second-order valence-corrected chi connectivity index (χ2v) is 9.35. The van der Waals surface area contributed by atoms with Crippen LogP contribution >= 0.6 is 11.6 Å².